The summed E-state index contributed by atoms with van der Waals surface area (Å²) in [6.07, 6.45) is -4.36. The van der Waals surface area contributed by atoms with Gasteiger partial charge in [-0.2, -0.15) is 0 Å². The summed E-state index contributed by atoms with van der Waals surface area (Å²) in [6, 6.07) is -2.30. The van der Waals surface area contributed by atoms with E-state index >= 15 is 0 Å². The summed E-state index contributed by atoms with van der Waals surface area (Å²) in [5, 5.41) is 34.2. The molecule has 12 N–H and O–H groups in total. The highest BCUT2D eigenvalue weighted by Gasteiger charge is 2.48. The summed E-state index contributed by atoms with van der Waals surface area (Å²) in [6.45, 7) is 0.168. The molecule has 0 aromatic heterocycles. The van der Waals surface area contributed by atoms with Crippen molar-refractivity contribution in [3.8, 4) is 0 Å². The summed E-state index contributed by atoms with van der Waals surface area (Å²) < 4.78 is 22.9. The van der Waals surface area contributed by atoms with Crippen LogP contribution in [0.2, 0.25) is 0 Å². The third-order valence-corrected chi connectivity index (χ3v) is 5.91. The maximum Gasteiger partial charge on any atom is 0.215 e. The predicted octanol–water partition coefficient (Wildman–Crippen LogP) is -4.24. The van der Waals surface area contributed by atoms with Crippen LogP contribution in [0, 0.1) is 0 Å². The second kappa shape index (κ2) is 10.1. The number of likely N-dealkylation sites (N-methyl/N-ethyl adjacent to an activating group) is 1. The lowest BCUT2D eigenvalue weighted by Crippen LogP contribution is -2.66. The van der Waals surface area contributed by atoms with Crippen LogP contribution in [0.1, 0.15) is 12.8 Å². The zero-order valence-corrected chi connectivity index (χ0v) is 17.0. The van der Waals surface area contributed by atoms with E-state index in [2.05, 4.69) is 5.32 Å². The van der Waals surface area contributed by atoms with Gasteiger partial charge in [-0.1, -0.05) is 0 Å². The summed E-state index contributed by atoms with van der Waals surface area (Å²) in [5.41, 5.74) is 24.1. The van der Waals surface area contributed by atoms with Crippen molar-refractivity contribution in [1.29, 1.82) is 0 Å². The van der Waals surface area contributed by atoms with Crippen LogP contribution in [0.25, 0.3) is 0 Å². The average molecular weight is 434 g/mol. The predicted molar refractivity (Wildman–Crippen MR) is 106 cm³/mol. The highest BCUT2D eigenvalue weighted by Crippen LogP contribution is 2.29. The second-order valence-corrected chi connectivity index (χ2v) is 8.09. The second-order valence-electron chi connectivity index (χ2n) is 8.09. The molecular formula is C18H35N5O7. The zero-order chi connectivity index (χ0) is 22.0. The van der Waals surface area contributed by atoms with Gasteiger partial charge in [-0.05, 0) is 26.0 Å². The smallest absolute Gasteiger partial charge is 0.215 e. The zero-order valence-electron chi connectivity index (χ0n) is 17.0. The number of ether oxygens (including phenoxy) is 4. The third-order valence-electron chi connectivity index (χ3n) is 5.91. The molecule has 0 spiro atoms. The summed E-state index contributed by atoms with van der Waals surface area (Å²) in [4.78, 5) is 0. The van der Waals surface area contributed by atoms with Crippen molar-refractivity contribution in [2.24, 2.45) is 22.9 Å². The van der Waals surface area contributed by atoms with Gasteiger partial charge in [0.25, 0.3) is 0 Å². The standard InChI is InChI=1S/C18H35N5O7/c1-23-12-11(24)6-27-18(13(12)25)30-16-10(22)4-9(21)15(14(16)26)29-17-8(20)3-2-7(5-19)28-17/h2,8-18,23-26H,3-6,19-22H2,1H3. The van der Waals surface area contributed by atoms with Crippen molar-refractivity contribution in [3.63, 3.8) is 0 Å². The Balaban J connectivity index is 1.68. The summed E-state index contributed by atoms with van der Waals surface area (Å²) in [7, 11) is 1.61. The van der Waals surface area contributed by atoms with E-state index < -0.39 is 67.3 Å². The van der Waals surface area contributed by atoms with E-state index in [1.54, 1.807) is 13.1 Å². The van der Waals surface area contributed by atoms with E-state index in [9.17, 15) is 15.3 Å². The fourth-order valence-corrected chi connectivity index (χ4v) is 4.15. The SMILES string of the molecule is CNC1C(O)COC(OC2C(N)CC(N)C(OC3OC(CN)=CCC3N)C2O)C1O. The molecule has 3 rings (SSSR count). The van der Waals surface area contributed by atoms with Gasteiger partial charge in [-0.3, -0.25) is 0 Å². The highest BCUT2D eigenvalue weighted by atomic mass is 16.7. The summed E-state index contributed by atoms with van der Waals surface area (Å²) >= 11 is 0. The van der Waals surface area contributed by atoms with E-state index in [0.717, 1.165) is 0 Å². The Bertz CT molecular complexity index is 599. The monoisotopic (exact) mass is 433 g/mol. The van der Waals surface area contributed by atoms with Gasteiger partial charge in [0, 0.05) is 12.1 Å². The van der Waals surface area contributed by atoms with Crippen LogP contribution < -0.4 is 28.3 Å². The molecule has 2 aliphatic heterocycles. The van der Waals surface area contributed by atoms with Crippen molar-refractivity contribution in [2.75, 3.05) is 20.2 Å². The number of hydrogen-bond donors (Lipinski definition) is 8. The Morgan fingerprint density at radius 1 is 1.03 bits per heavy atom. The molecule has 0 radical (unpaired) electrons. The maximum atomic E-state index is 11.0. The van der Waals surface area contributed by atoms with Crippen LogP contribution in [0.4, 0.5) is 0 Å². The molecule has 1 aliphatic carbocycles. The Morgan fingerprint density at radius 3 is 2.27 bits per heavy atom. The molecule has 11 unspecified atom stereocenters. The number of nitrogens with one attached hydrogen (secondary N) is 1. The van der Waals surface area contributed by atoms with Crippen molar-refractivity contribution in [3.05, 3.63) is 11.8 Å². The molecule has 174 valence electrons. The fraction of sp³-hybridized carbons (Fsp3) is 0.889. The lowest BCUT2D eigenvalue weighted by molar-refractivity contribution is -0.290. The Morgan fingerprint density at radius 2 is 1.67 bits per heavy atom. The Kier molecular flexibility index (Phi) is 8.03. The lowest BCUT2D eigenvalue weighted by Gasteiger charge is -2.46. The minimum Gasteiger partial charge on any atom is -0.467 e. The van der Waals surface area contributed by atoms with Gasteiger partial charge in [-0.25, -0.2) is 0 Å². The van der Waals surface area contributed by atoms with Gasteiger partial charge < -0.3 is 62.5 Å². The molecule has 1 saturated heterocycles. The molecule has 30 heavy (non-hydrogen) atoms. The quantitative estimate of drug-likeness (QED) is 0.200. The molecule has 2 heterocycles. The lowest BCUT2D eigenvalue weighted by atomic mass is 9.84. The van der Waals surface area contributed by atoms with Gasteiger partial charge >= 0.3 is 0 Å². The number of aliphatic hydroxyl groups is 3. The van der Waals surface area contributed by atoms with Gasteiger partial charge in [0.15, 0.2) is 6.29 Å². The number of nitrogens with two attached hydrogens (primary N) is 4. The summed E-state index contributed by atoms with van der Waals surface area (Å²) in [5.74, 6) is 0.556. The van der Waals surface area contributed by atoms with Crippen LogP contribution in [0.15, 0.2) is 11.8 Å². The van der Waals surface area contributed by atoms with Crippen molar-refractivity contribution in [2.45, 2.75) is 80.1 Å². The first kappa shape index (κ1) is 23.8. The van der Waals surface area contributed by atoms with Gasteiger partial charge in [0.2, 0.25) is 6.29 Å². The first-order chi connectivity index (χ1) is 14.3. The largest absolute Gasteiger partial charge is 0.467 e. The molecule has 0 amide bonds. The molecule has 2 fully saturated rings. The van der Waals surface area contributed by atoms with Gasteiger partial charge in [-0.15, -0.1) is 0 Å². The van der Waals surface area contributed by atoms with Crippen molar-refractivity contribution in [1.82, 2.24) is 5.32 Å². The van der Waals surface area contributed by atoms with E-state index in [1.165, 1.54) is 0 Å². The third kappa shape index (κ3) is 4.95. The number of hydrogen-bond acceptors (Lipinski definition) is 12. The molecule has 0 aromatic rings. The fourth-order valence-electron chi connectivity index (χ4n) is 4.15. The molecule has 11 atom stereocenters. The average Bonchev–Trinajstić information content (AvgIpc) is 2.71. The van der Waals surface area contributed by atoms with E-state index in [-0.39, 0.29) is 13.2 Å². The Hall–Kier alpha value is -0.900. The van der Waals surface area contributed by atoms with Gasteiger partial charge in [0.1, 0.15) is 30.2 Å². The number of rotatable bonds is 6. The first-order valence-corrected chi connectivity index (χ1v) is 10.2. The molecule has 12 nitrogen and oxygen atoms in total. The molecule has 1 saturated carbocycles. The van der Waals surface area contributed by atoms with Gasteiger partial charge in [0.05, 0.1) is 31.3 Å². The van der Waals surface area contributed by atoms with E-state index in [1.807, 2.05) is 0 Å². The minimum absolute atomic E-state index is 0.0380. The highest BCUT2D eigenvalue weighted by molar-refractivity contribution is 5.04. The van der Waals surface area contributed by atoms with E-state index in [4.69, 9.17) is 41.9 Å². The molecular weight excluding hydrogens is 398 g/mol. The molecule has 0 bridgehead atoms. The van der Waals surface area contributed by atoms with E-state index in [0.29, 0.717) is 18.6 Å². The first-order valence-electron chi connectivity index (χ1n) is 10.2. The van der Waals surface area contributed by atoms with Crippen LogP contribution in [-0.2, 0) is 18.9 Å². The topological polar surface area (TPSA) is 214 Å². The van der Waals surface area contributed by atoms with Crippen molar-refractivity contribution < 1.29 is 34.3 Å². The Labute approximate surface area is 175 Å². The normalized spacial score (nSPS) is 47.5. The molecule has 12 heteroatoms. The van der Waals surface area contributed by atoms with Crippen LogP contribution in [-0.4, -0.2) is 103 Å². The maximum absolute atomic E-state index is 11.0. The molecule has 0 aromatic carbocycles. The van der Waals surface area contributed by atoms with Crippen LogP contribution in [0.3, 0.4) is 0 Å². The minimum atomic E-state index is -1.22. The molecule has 3 aliphatic rings. The van der Waals surface area contributed by atoms with Crippen molar-refractivity contribution >= 4 is 0 Å². The number of aliphatic hydroxyl groups excluding tert-OH is 3. The van der Waals surface area contributed by atoms with Crippen LogP contribution in [0.5, 0.6) is 0 Å². The van der Waals surface area contributed by atoms with Crippen LogP contribution >= 0.6 is 0 Å².